The Labute approximate surface area is 117 Å². The summed E-state index contributed by atoms with van der Waals surface area (Å²) in [5.74, 6) is 0.520. The van der Waals surface area contributed by atoms with Crippen molar-refractivity contribution in [2.24, 2.45) is 17.1 Å². The monoisotopic (exact) mass is 267 g/mol. The molecular formula is C16H29NO2. The molecular weight excluding hydrogens is 238 g/mol. The third-order valence-corrected chi connectivity index (χ3v) is 5.37. The maximum absolute atomic E-state index is 12.6. The summed E-state index contributed by atoms with van der Waals surface area (Å²) in [6.07, 6.45) is 10.0. The molecule has 0 aliphatic heterocycles. The van der Waals surface area contributed by atoms with Crippen LogP contribution in [0, 0.1) is 11.3 Å². The summed E-state index contributed by atoms with van der Waals surface area (Å²) in [4.78, 5) is 12.6. The summed E-state index contributed by atoms with van der Waals surface area (Å²) in [5, 5.41) is 0. The number of carbonyl (C=O) groups excluding carboxylic acids is 1. The number of ether oxygens (including phenoxy) is 1. The van der Waals surface area contributed by atoms with Crippen molar-refractivity contribution in [2.75, 3.05) is 0 Å². The lowest BCUT2D eigenvalue weighted by Crippen LogP contribution is -2.49. The molecule has 19 heavy (non-hydrogen) atoms. The molecule has 2 N–H and O–H groups in total. The third-order valence-electron chi connectivity index (χ3n) is 5.37. The normalized spacial score (nSPS) is 39.8. The molecule has 110 valence electrons. The average Bonchev–Trinajstić information content (AvgIpc) is 2.42. The van der Waals surface area contributed by atoms with Crippen molar-refractivity contribution in [2.45, 2.75) is 83.8 Å². The van der Waals surface area contributed by atoms with Gasteiger partial charge in [0.25, 0.3) is 0 Å². The summed E-state index contributed by atoms with van der Waals surface area (Å²) in [6.45, 7) is 4.20. The van der Waals surface area contributed by atoms with Gasteiger partial charge in [0.15, 0.2) is 0 Å². The summed E-state index contributed by atoms with van der Waals surface area (Å²) >= 11 is 0. The van der Waals surface area contributed by atoms with Crippen molar-refractivity contribution in [1.29, 1.82) is 0 Å². The minimum atomic E-state index is -0.450. The smallest absolute Gasteiger partial charge is 0.313 e. The summed E-state index contributed by atoms with van der Waals surface area (Å²) in [7, 11) is 0. The van der Waals surface area contributed by atoms with Crippen molar-refractivity contribution in [3.8, 4) is 0 Å². The number of esters is 1. The Morgan fingerprint density at radius 2 is 1.89 bits per heavy atom. The summed E-state index contributed by atoms with van der Waals surface area (Å²) < 4.78 is 5.89. The maximum Gasteiger partial charge on any atom is 0.313 e. The fourth-order valence-electron chi connectivity index (χ4n) is 3.68. The summed E-state index contributed by atoms with van der Waals surface area (Å²) in [5.41, 5.74) is 5.74. The number of carbonyl (C=O) groups is 1. The minimum Gasteiger partial charge on any atom is -0.462 e. The van der Waals surface area contributed by atoms with Crippen molar-refractivity contribution in [3.63, 3.8) is 0 Å². The highest BCUT2D eigenvalue weighted by molar-refractivity contribution is 5.77. The van der Waals surface area contributed by atoms with Crippen LogP contribution >= 0.6 is 0 Å². The second-order valence-corrected chi connectivity index (χ2v) is 6.67. The van der Waals surface area contributed by atoms with E-state index in [0.717, 1.165) is 38.5 Å². The highest BCUT2D eigenvalue weighted by Gasteiger charge is 2.44. The Morgan fingerprint density at radius 3 is 2.58 bits per heavy atom. The van der Waals surface area contributed by atoms with E-state index < -0.39 is 5.41 Å². The first-order valence-corrected chi connectivity index (χ1v) is 8.04. The van der Waals surface area contributed by atoms with Gasteiger partial charge >= 0.3 is 5.97 Å². The molecule has 4 atom stereocenters. The molecule has 2 rings (SSSR count). The Balaban J connectivity index is 1.99. The number of hydrogen-bond acceptors (Lipinski definition) is 3. The number of hydrogen-bond donors (Lipinski definition) is 1. The second-order valence-electron chi connectivity index (χ2n) is 6.67. The van der Waals surface area contributed by atoms with E-state index >= 15 is 0 Å². The van der Waals surface area contributed by atoms with Gasteiger partial charge in [-0.25, -0.2) is 0 Å². The predicted octanol–water partition coefficient (Wildman–Crippen LogP) is 3.41. The number of nitrogens with two attached hydrogens (primary N) is 1. The predicted molar refractivity (Wildman–Crippen MR) is 76.7 cm³/mol. The van der Waals surface area contributed by atoms with E-state index in [1.807, 2.05) is 6.92 Å². The molecule has 2 aliphatic carbocycles. The molecule has 3 heteroatoms. The van der Waals surface area contributed by atoms with E-state index in [4.69, 9.17) is 10.5 Å². The van der Waals surface area contributed by atoms with Crippen LogP contribution in [0.3, 0.4) is 0 Å². The van der Waals surface area contributed by atoms with Crippen molar-refractivity contribution in [3.05, 3.63) is 0 Å². The van der Waals surface area contributed by atoms with E-state index in [0.29, 0.717) is 5.92 Å². The highest BCUT2D eigenvalue weighted by Crippen LogP contribution is 2.38. The van der Waals surface area contributed by atoms with Crippen LogP contribution in [0.25, 0.3) is 0 Å². The fourth-order valence-corrected chi connectivity index (χ4v) is 3.68. The quantitative estimate of drug-likeness (QED) is 0.797. The van der Waals surface area contributed by atoms with Gasteiger partial charge in [-0.05, 0) is 51.4 Å². The first-order chi connectivity index (χ1) is 9.08. The van der Waals surface area contributed by atoms with Crippen molar-refractivity contribution < 1.29 is 9.53 Å². The van der Waals surface area contributed by atoms with Gasteiger partial charge in [-0.15, -0.1) is 0 Å². The van der Waals surface area contributed by atoms with Crippen LogP contribution in [-0.4, -0.2) is 18.1 Å². The van der Waals surface area contributed by atoms with E-state index in [-0.39, 0.29) is 18.1 Å². The van der Waals surface area contributed by atoms with Gasteiger partial charge in [0.05, 0.1) is 5.41 Å². The molecule has 2 aliphatic rings. The third kappa shape index (κ3) is 3.13. The lowest BCUT2D eigenvalue weighted by Gasteiger charge is -2.39. The van der Waals surface area contributed by atoms with Gasteiger partial charge in [-0.2, -0.15) is 0 Å². The molecule has 0 aromatic carbocycles. The molecule has 0 aromatic rings. The van der Waals surface area contributed by atoms with Crippen LogP contribution in [0.4, 0.5) is 0 Å². The first kappa shape index (κ1) is 14.8. The van der Waals surface area contributed by atoms with Gasteiger partial charge in [0, 0.05) is 6.04 Å². The molecule has 0 saturated heterocycles. The van der Waals surface area contributed by atoms with Crippen LogP contribution in [0.1, 0.15) is 71.6 Å². The molecule has 2 saturated carbocycles. The molecule has 0 heterocycles. The fraction of sp³-hybridized carbons (Fsp3) is 0.938. The van der Waals surface area contributed by atoms with Crippen LogP contribution in [0.2, 0.25) is 0 Å². The lowest BCUT2D eigenvalue weighted by atomic mass is 9.72. The van der Waals surface area contributed by atoms with Crippen LogP contribution in [0.5, 0.6) is 0 Å². The molecule has 2 fully saturated rings. The number of rotatable bonds is 3. The molecule has 0 bridgehead atoms. The Morgan fingerprint density at radius 1 is 1.21 bits per heavy atom. The molecule has 0 radical (unpaired) electrons. The Kier molecular flexibility index (Phi) is 4.88. The van der Waals surface area contributed by atoms with Crippen molar-refractivity contribution in [1.82, 2.24) is 0 Å². The van der Waals surface area contributed by atoms with E-state index in [2.05, 4.69) is 6.92 Å². The van der Waals surface area contributed by atoms with Gasteiger partial charge in [-0.1, -0.05) is 26.2 Å². The molecule has 0 amide bonds. The molecule has 0 aromatic heterocycles. The topological polar surface area (TPSA) is 52.3 Å². The van der Waals surface area contributed by atoms with Gasteiger partial charge in [0.2, 0.25) is 0 Å². The standard InChI is InChI=1S/C16H29NO2/c1-3-12-8-4-5-9-13(12)19-15(18)16(2)11-7-6-10-14(16)17/h12-14H,3-11,17H2,1-2H3. The zero-order chi connectivity index (χ0) is 13.9. The van der Waals surface area contributed by atoms with Crippen molar-refractivity contribution >= 4 is 5.97 Å². The highest BCUT2D eigenvalue weighted by atomic mass is 16.5. The first-order valence-electron chi connectivity index (χ1n) is 8.04. The Bertz CT molecular complexity index is 318. The van der Waals surface area contributed by atoms with Gasteiger partial charge < -0.3 is 10.5 Å². The van der Waals surface area contributed by atoms with Crippen LogP contribution in [0.15, 0.2) is 0 Å². The summed E-state index contributed by atoms with van der Waals surface area (Å²) in [6, 6.07) is -0.0302. The second kappa shape index (κ2) is 6.25. The van der Waals surface area contributed by atoms with E-state index in [1.54, 1.807) is 0 Å². The van der Waals surface area contributed by atoms with E-state index in [1.165, 1.54) is 19.3 Å². The largest absolute Gasteiger partial charge is 0.462 e. The lowest BCUT2D eigenvalue weighted by molar-refractivity contribution is -0.168. The average molecular weight is 267 g/mol. The zero-order valence-corrected chi connectivity index (χ0v) is 12.5. The van der Waals surface area contributed by atoms with E-state index in [9.17, 15) is 4.79 Å². The zero-order valence-electron chi connectivity index (χ0n) is 12.5. The minimum absolute atomic E-state index is 0.0302. The Hall–Kier alpha value is -0.570. The SMILES string of the molecule is CCC1CCCCC1OC(=O)C1(C)CCCCC1N. The molecule has 0 spiro atoms. The maximum atomic E-state index is 12.6. The van der Waals surface area contributed by atoms with Gasteiger partial charge in [-0.3, -0.25) is 4.79 Å². The van der Waals surface area contributed by atoms with Gasteiger partial charge in [0.1, 0.15) is 6.10 Å². The molecule has 4 unspecified atom stereocenters. The van der Waals surface area contributed by atoms with Crippen LogP contribution < -0.4 is 5.73 Å². The molecule has 3 nitrogen and oxygen atoms in total. The van der Waals surface area contributed by atoms with Crippen LogP contribution in [-0.2, 0) is 9.53 Å².